The van der Waals surface area contributed by atoms with Gasteiger partial charge in [0.1, 0.15) is 0 Å². The number of fused-ring (bicyclic) bond motifs is 1. The summed E-state index contributed by atoms with van der Waals surface area (Å²) in [6.07, 6.45) is 3.35. The van der Waals surface area contributed by atoms with Gasteiger partial charge in [-0.25, -0.2) is 0 Å². The number of allylic oxidation sites excluding steroid dienone is 1. The molecule has 86 valence electrons. The van der Waals surface area contributed by atoms with E-state index in [1.807, 2.05) is 61.5 Å². The molecule has 0 saturated heterocycles. The van der Waals surface area contributed by atoms with Gasteiger partial charge in [-0.3, -0.25) is 4.79 Å². The Morgan fingerprint density at radius 2 is 1.76 bits per heavy atom. The van der Waals surface area contributed by atoms with Gasteiger partial charge < -0.3 is 4.90 Å². The Morgan fingerprint density at radius 1 is 1.06 bits per heavy atom. The zero-order valence-electron chi connectivity index (χ0n) is 10.1. The van der Waals surface area contributed by atoms with Crippen LogP contribution in [0.15, 0.2) is 54.7 Å². The molecular weight excluding hydrogens is 210 g/mol. The molecule has 0 aliphatic heterocycles. The van der Waals surface area contributed by atoms with E-state index in [9.17, 15) is 4.79 Å². The number of ketones is 1. The van der Waals surface area contributed by atoms with Crippen LogP contribution in [-0.2, 0) is 0 Å². The van der Waals surface area contributed by atoms with Crippen molar-refractivity contribution < 1.29 is 4.79 Å². The van der Waals surface area contributed by atoms with Crippen molar-refractivity contribution in [3.63, 3.8) is 0 Å². The molecule has 0 aliphatic carbocycles. The molecule has 2 rings (SSSR count). The fourth-order valence-electron chi connectivity index (χ4n) is 1.66. The molecule has 0 amide bonds. The average molecular weight is 225 g/mol. The van der Waals surface area contributed by atoms with E-state index < -0.39 is 0 Å². The quantitative estimate of drug-likeness (QED) is 0.591. The summed E-state index contributed by atoms with van der Waals surface area (Å²) in [5.74, 6) is 0.0319. The lowest BCUT2D eigenvalue weighted by Crippen LogP contribution is -2.03. The molecule has 0 aliphatic rings. The van der Waals surface area contributed by atoms with Crippen molar-refractivity contribution in [3.8, 4) is 0 Å². The van der Waals surface area contributed by atoms with Gasteiger partial charge in [-0.15, -0.1) is 0 Å². The highest BCUT2D eigenvalue weighted by Crippen LogP contribution is 2.16. The molecule has 0 unspecified atom stereocenters. The summed E-state index contributed by atoms with van der Waals surface area (Å²) in [5.41, 5.74) is 0.724. The van der Waals surface area contributed by atoms with E-state index in [1.54, 1.807) is 12.3 Å². The van der Waals surface area contributed by atoms with Crippen molar-refractivity contribution >= 4 is 16.6 Å². The predicted octanol–water partition coefficient (Wildman–Crippen LogP) is 3.10. The monoisotopic (exact) mass is 225 g/mol. The Kier molecular flexibility index (Phi) is 3.24. The molecule has 0 saturated carbocycles. The fourth-order valence-corrected chi connectivity index (χ4v) is 1.66. The zero-order chi connectivity index (χ0) is 12.3. The Hall–Kier alpha value is -2.09. The number of hydrogen-bond acceptors (Lipinski definition) is 2. The van der Waals surface area contributed by atoms with Crippen LogP contribution in [0.5, 0.6) is 0 Å². The smallest absolute Gasteiger partial charge is 0.187 e. The van der Waals surface area contributed by atoms with Crippen LogP contribution >= 0.6 is 0 Å². The van der Waals surface area contributed by atoms with Crippen LogP contribution in [0.25, 0.3) is 10.8 Å². The summed E-state index contributed by atoms with van der Waals surface area (Å²) >= 11 is 0. The van der Waals surface area contributed by atoms with E-state index in [0.717, 1.165) is 16.3 Å². The minimum absolute atomic E-state index is 0.0319. The second-order valence-electron chi connectivity index (χ2n) is 4.21. The number of hydrogen-bond donors (Lipinski definition) is 0. The Morgan fingerprint density at radius 3 is 2.47 bits per heavy atom. The first-order valence-corrected chi connectivity index (χ1v) is 5.54. The third kappa shape index (κ3) is 2.72. The summed E-state index contributed by atoms with van der Waals surface area (Å²) < 4.78 is 0. The number of rotatable bonds is 3. The van der Waals surface area contributed by atoms with Gasteiger partial charge in [0, 0.05) is 31.9 Å². The van der Waals surface area contributed by atoms with Crippen molar-refractivity contribution in [3.05, 3.63) is 60.3 Å². The SMILES string of the molecule is CN(C)/C=C\C(=O)c1ccc2ccccc2c1. The molecular formula is C15H15NO. The molecule has 0 aromatic heterocycles. The van der Waals surface area contributed by atoms with E-state index in [1.165, 1.54) is 0 Å². The number of benzene rings is 2. The maximum Gasteiger partial charge on any atom is 0.187 e. The van der Waals surface area contributed by atoms with Crippen LogP contribution < -0.4 is 0 Å². The van der Waals surface area contributed by atoms with Gasteiger partial charge in [0.05, 0.1) is 0 Å². The van der Waals surface area contributed by atoms with Gasteiger partial charge in [0.15, 0.2) is 5.78 Å². The summed E-state index contributed by atoms with van der Waals surface area (Å²) in [6.45, 7) is 0. The van der Waals surface area contributed by atoms with E-state index >= 15 is 0 Å². The molecule has 0 bridgehead atoms. The van der Waals surface area contributed by atoms with Gasteiger partial charge in [-0.2, -0.15) is 0 Å². The second-order valence-corrected chi connectivity index (χ2v) is 4.21. The summed E-state index contributed by atoms with van der Waals surface area (Å²) in [7, 11) is 3.79. The van der Waals surface area contributed by atoms with E-state index in [-0.39, 0.29) is 5.78 Å². The molecule has 0 radical (unpaired) electrons. The Balaban J connectivity index is 2.33. The molecule has 2 aromatic carbocycles. The highest BCUT2D eigenvalue weighted by Gasteiger charge is 2.02. The highest BCUT2D eigenvalue weighted by molar-refractivity contribution is 6.06. The van der Waals surface area contributed by atoms with Crippen LogP contribution in [0.2, 0.25) is 0 Å². The number of nitrogens with zero attached hydrogens (tertiary/aromatic N) is 1. The van der Waals surface area contributed by atoms with Crippen molar-refractivity contribution in [2.24, 2.45) is 0 Å². The molecule has 2 aromatic rings. The fraction of sp³-hybridized carbons (Fsp3) is 0.133. The van der Waals surface area contributed by atoms with E-state index in [2.05, 4.69) is 0 Å². The lowest BCUT2D eigenvalue weighted by Gasteiger charge is -2.03. The summed E-state index contributed by atoms with van der Waals surface area (Å²) in [5, 5.41) is 2.25. The first kappa shape index (κ1) is 11.4. The van der Waals surface area contributed by atoms with Crippen molar-refractivity contribution in [2.75, 3.05) is 14.1 Å². The first-order valence-electron chi connectivity index (χ1n) is 5.54. The molecule has 2 nitrogen and oxygen atoms in total. The summed E-state index contributed by atoms with van der Waals surface area (Å²) in [6, 6.07) is 13.8. The van der Waals surface area contributed by atoms with Gasteiger partial charge in [-0.05, 0) is 16.8 Å². The largest absolute Gasteiger partial charge is 0.383 e. The Labute approximate surface area is 101 Å². The van der Waals surface area contributed by atoms with E-state index in [0.29, 0.717) is 0 Å². The normalized spacial score (nSPS) is 10.9. The van der Waals surface area contributed by atoms with Crippen LogP contribution in [-0.4, -0.2) is 24.8 Å². The zero-order valence-corrected chi connectivity index (χ0v) is 10.1. The molecule has 0 heterocycles. The van der Waals surface area contributed by atoms with Gasteiger partial charge in [0.2, 0.25) is 0 Å². The third-order valence-electron chi connectivity index (χ3n) is 2.56. The van der Waals surface area contributed by atoms with Crippen LogP contribution in [0.4, 0.5) is 0 Å². The highest BCUT2D eigenvalue weighted by atomic mass is 16.1. The Bertz CT molecular complexity index is 570. The van der Waals surface area contributed by atoms with Gasteiger partial charge in [-0.1, -0.05) is 36.4 Å². The van der Waals surface area contributed by atoms with Crippen molar-refractivity contribution in [1.82, 2.24) is 4.90 Å². The molecule has 2 heteroatoms. The molecule has 0 atom stereocenters. The topological polar surface area (TPSA) is 20.3 Å². The molecule has 17 heavy (non-hydrogen) atoms. The second kappa shape index (κ2) is 4.83. The van der Waals surface area contributed by atoms with Crippen LogP contribution in [0, 0.1) is 0 Å². The minimum atomic E-state index is 0.0319. The lowest BCUT2D eigenvalue weighted by molar-refractivity contribution is 0.104. The maximum atomic E-state index is 11.9. The van der Waals surface area contributed by atoms with Gasteiger partial charge in [0.25, 0.3) is 0 Å². The molecule has 0 spiro atoms. The van der Waals surface area contributed by atoms with E-state index in [4.69, 9.17) is 0 Å². The predicted molar refractivity (Wildman–Crippen MR) is 71.1 cm³/mol. The minimum Gasteiger partial charge on any atom is -0.383 e. The van der Waals surface area contributed by atoms with Crippen molar-refractivity contribution in [1.29, 1.82) is 0 Å². The molecule has 0 fully saturated rings. The van der Waals surface area contributed by atoms with Gasteiger partial charge >= 0.3 is 0 Å². The third-order valence-corrected chi connectivity index (χ3v) is 2.56. The lowest BCUT2D eigenvalue weighted by atomic mass is 10.0. The number of carbonyl (C=O) groups excluding carboxylic acids is 1. The van der Waals surface area contributed by atoms with Crippen molar-refractivity contribution in [2.45, 2.75) is 0 Å². The molecule has 0 N–H and O–H groups in total. The summed E-state index contributed by atoms with van der Waals surface area (Å²) in [4.78, 5) is 13.7. The first-order chi connectivity index (χ1) is 8.16. The average Bonchev–Trinajstić information content (AvgIpc) is 2.35. The van der Waals surface area contributed by atoms with Crippen LogP contribution in [0.1, 0.15) is 10.4 Å². The van der Waals surface area contributed by atoms with Crippen LogP contribution in [0.3, 0.4) is 0 Å². The standard InChI is InChI=1S/C15H15NO/c1-16(2)10-9-15(17)14-8-7-12-5-3-4-6-13(12)11-14/h3-11H,1-2H3/b10-9-. The maximum absolute atomic E-state index is 11.9. The number of carbonyl (C=O) groups is 1.